The zero-order valence-corrected chi connectivity index (χ0v) is 23.7. The summed E-state index contributed by atoms with van der Waals surface area (Å²) in [6.45, 7) is 7.89. The summed E-state index contributed by atoms with van der Waals surface area (Å²) in [6, 6.07) is 10.5. The number of piperidine rings is 2. The summed E-state index contributed by atoms with van der Waals surface area (Å²) in [6.07, 6.45) is 12.6. The van der Waals surface area contributed by atoms with Gasteiger partial charge in [-0.25, -0.2) is 14.5 Å². The molecule has 0 saturated carbocycles. The van der Waals surface area contributed by atoms with Crippen molar-refractivity contribution in [2.24, 2.45) is 5.41 Å². The molecule has 41 heavy (non-hydrogen) atoms. The van der Waals surface area contributed by atoms with Gasteiger partial charge in [0.25, 0.3) is 0 Å². The van der Waals surface area contributed by atoms with Crippen LogP contribution in [0.3, 0.4) is 0 Å². The number of rotatable bonds is 7. The highest BCUT2D eigenvalue weighted by molar-refractivity contribution is 6.00. The third-order valence-corrected chi connectivity index (χ3v) is 8.79. The number of ether oxygens (including phenoxy) is 2. The van der Waals surface area contributed by atoms with E-state index in [0.717, 1.165) is 72.0 Å². The standard InChI is InChI=1S/C31H36N8O2/c1-3-41-24-15-25(29-26-18-34-35-30(26)36-39(29)20-24)23-6-7-27(32-17-23)38-12-4-9-31(21-38)10-13-37(14-11-31)19-22-5-8-28(40-2)33-16-22/h5-8,15-18,20H,3-4,9-14,19,21H2,1-2H3,(H,35,36). The smallest absolute Gasteiger partial charge is 0.212 e. The van der Waals surface area contributed by atoms with Crippen LogP contribution in [0.1, 0.15) is 38.2 Å². The molecule has 10 heteroatoms. The van der Waals surface area contributed by atoms with Gasteiger partial charge in [-0.3, -0.25) is 10.00 Å². The average Bonchev–Trinajstić information content (AvgIpc) is 3.60. The zero-order valence-electron chi connectivity index (χ0n) is 23.7. The first-order valence-corrected chi connectivity index (χ1v) is 14.5. The molecule has 7 rings (SSSR count). The van der Waals surface area contributed by atoms with Gasteiger partial charge in [-0.1, -0.05) is 6.07 Å². The van der Waals surface area contributed by atoms with E-state index in [4.69, 9.17) is 14.5 Å². The highest BCUT2D eigenvalue weighted by Crippen LogP contribution is 2.41. The summed E-state index contributed by atoms with van der Waals surface area (Å²) in [5.74, 6) is 2.50. The van der Waals surface area contributed by atoms with E-state index in [1.54, 1.807) is 7.11 Å². The number of H-pyrrole nitrogens is 1. The van der Waals surface area contributed by atoms with Crippen LogP contribution in [-0.4, -0.2) is 74.6 Å². The summed E-state index contributed by atoms with van der Waals surface area (Å²) in [4.78, 5) is 14.4. The van der Waals surface area contributed by atoms with E-state index in [9.17, 15) is 0 Å². The van der Waals surface area contributed by atoms with Crippen molar-refractivity contribution in [1.29, 1.82) is 0 Å². The molecule has 212 valence electrons. The molecule has 0 bridgehead atoms. The third kappa shape index (κ3) is 4.97. The van der Waals surface area contributed by atoms with Crippen molar-refractivity contribution in [3.8, 4) is 22.8 Å². The maximum absolute atomic E-state index is 5.85. The number of nitrogens with zero attached hydrogens (tertiary/aromatic N) is 7. The summed E-state index contributed by atoms with van der Waals surface area (Å²) in [7, 11) is 1.66. The number of hydrogen-bond acceptors (Lipinski definition) is 8. The summed E-state index contributed by atoms with van der Waals surface area (Å²) in [5, 5.41) is 12.8. The molecule has 5 aromatic rings. The molecule has 2 saturated heterocycles. The Bertz CT molecular complexity index is 1640. The van der Waals surface area contributed by atoms with Crippen molar-refractivity contribution in [2.45, 2.75) is 39.2 Å². The Hall–Kier alpha value is -4.18. The topological polar surface area (TPSA) is 96.7 Å². The second-order valence-electron chi connectivity index (χ2n) is 11.4. The minimum atomic E-state index is 0.357. The summed E-state index contributed by atoms with van der Waals surface area (Å²) < 4.78 is 12.9. The van der Waals surface area contributed by atoms with Gasteiger partial charge < -0.3 is 14.4 Å². The van der Waals surface area contributed by atoms with E-state index in [1.165, 1.54) is 31.2 Å². The monoisotopic (exact) mass is 552 g/mol. The Balaban J connectivity index is 1.07. The summed E-state index contributed by atoms with van der Waals surface area (Å²) in [5.41, 5.74) is 5.43. The Morgan fingerprint density at radius 3 is 2.66 bits per heavy atom. The molecule has 2 aliphatic heterocycles. The van der Waals surface area contributed by atoms with Crippen LogP contribution in [0, 0.1) is 5.41 Å². The molecular weight excluding hydrogens is 516 g/mol. The largest absolute Gasteiger partial charge is 0.492 e. The van der Waals surface area contributed by atoms with Crippen molar-refractivity contribution < 1.29 is 9.47 Å². The molecule has 5 aromatic heterocycles. The maximum Gasteiger partial charge on any atom is 0.212 e. The molecule has 1 N–H and O–H groups in total. The number of fused-ring (bicyclic) bond motifs is 3. The molecule has 2 aliphatic rings. The summed E-state index contributed by atoms with van der Waals surface area (Å²) >= 11 is 0. The van der Waals surface area contributed by atoms with Crippen LogP contribution in [0.15, 0.2) is 55.1 Å². The van der Waals surface area contributed by atoms with Crippen LogP contribution < -0.4 is 14.4 Å². The Labute approximate surface area is 239 Å². The van der Waals surface area contributed by atoms with Gasteiger partial charge in [0.2, 0.25) is 5.88 Å². The first-order chi connectivity index (χ1) is 20.1. The highest BCUT2D eigenvalue weighted by Gasteiger charge is 2.38. The van der Waals surface area contributed by atoms with Crippen molar-refractivity contribution in [2.75, 3.05) is 44.8 Å². The van der Waals surface area contributed by atoms with Crippen LogP contribution in [0.5, 0.6) is 11.6 Å². The molecule has 1 spiro atoms. The van der Waals surface area contributed by atoms with E-state index < -0.39 is 0 Å². The van der Waals surface area contributed by atoms with Crippen molar-refractivity contribution in [1.82, 2.24) is 34.7 Å². The van der Waals surface area contributed by atoms with Gasteiger partial charge in [0.15, 0.2) is 5.65 Å². The Kier molecular flexibility index (Phi) is 6.70. The number of pyridine rings is 3. The molecule has 10 nitrogen and oxygen atoms in total. The number of aromatic amines is 1. The van der Waals surface area contributed by atoms with E-state index in [0.29, 0.717) is 17.9 Å². The lowest BCUT2D eigenvalue weighted by Gasteiger charge is -2.48. The fourth-order valence-electron chi connectivity index (χ4n) is 6.62. The number of methoxy groups -OCH3 is 1. The van der Waals surface area contributed by atoms with Crippen LogP contribution in [0.4, 0.5) is 5.82 Å². The maximum atomic E-state index is 5.85. The minimum Gasteiger partial charge on any atom is -0.492 e. The van der Waals surface area contributed by atoms with Gasteiger partial charge in [0.05, 0.1) is 37.0 Å². The molecule has 0 radical (unpaired) electrons. The highest BCUT2D eigenvalue weighted by atomic mass is 16.5. The first-order valence-electron chi connectivity index (χ1n) is 14.5. The van der Waals surface area contributed by atoms with Gasteiger partial charge in [-0.15, -0.1) is 5.10 Å². The second-order valence-corrected chi connectivity index (χ2v) is 11.4. The molecule has 7 heterocycles. The molecule has 0 amide bonds. The van der Waals surface area contributed by atoms with Gasteiger partial charge in [0.1, 0.15) is 11.6 Å². The van der Waals surface area contributed by atoms with Crippen LogP contribution in [-0.2, 0) is 6.54 Å². The predicted octanol–water partition coefficient (Wildman–Crippen LogP) is 4.96. The second kappa shape index (κ2) is 10.7. The number of aromatic nitrogens is 6. The van der Waals surface area contributed by atoms with Crippen LogP contribution >= 0.6 is 0 Å². The quantitative estimate of drug-likeness (QED) is 0.303. The van der Waals surface area contributed by atoms with Crippen LogP contribution in [0.25, 0.3) is 27.7 Å². The van der Waals surface area contributed by atoms with E-state index in [2.05, 4.69) is 54.3 Å². The predicted molar refractivity (Wildman–Crippen MR) is 158 cm³/mol. The van der Waals surface area contributed by atoms with Gasteiger partial charge in [-0.05, 0) is 74.9 Å². The van der Waals surface area contributed by atoms with E-state index >= 15 is 0 Å². The Morgan fingerprint density at radius 1 is 1.00 bits per heavy atom. The molecule has 2 fully saturated rings. The minimum absolute atomic E-state index is 0.357. The molecule has 0 aliphatic carbocycles. The van der Waals surface area contributed by atoms with E-state index in [-0.39, 0.29) is 0 Å². The average molecular weight is 553 g/mol. The normalized spacial score (nSPS) is 17.5. The fourth-order valence-corrected chi connectivity index (χ4v) is 6.62. The van der Waals surface area contributed by atoms with Gasteiger partial charge in [-0.2, -0.15) is 5.10 Å². The molecule has 0 unspecified atom stereocenters. The SMILES string of the molecule is CCOc1cc(-c2ccc(N3CCCC4(CCN(Cc5ccc(OC)nc5)CC4)C3)nc2)c2c3cn[nH]c3nn2c1. The lowest BCUT2D eigenvalue weighted by atomic mass is 9.72. The van der Waals surface area contributed by atoms with E-state index in [1.807, 2.05) is 42.3 Å². The molecular formula is C31H36N8O2. The van der Waals surface area contributed by atoms with Crippen molar-refractivity contribution >= 4 is 22.4 Å². The van der Waals surface area contributed by atoms with Crippen molar-refractivity contribution in [3.05, 3.63) is 60.7 Å². The molecule has 0 aromatic carbocycles. The lowest BCUT2D eigenvalue weighted by Crippen LogP contribution is -2.49. The van der Waals surface area contributed by atoms with Gasteiger partial charge >= 0.3 is 0 Å². The van der Waals surface area contributed by atoms with Crippen LogP contribution in [0.2, 0.25) is 0 Å². The fraction of sp³-hybridized carbons (Fsp3) is 0.419. The lowest BCUT2D eigenvalue weighted by molar-refractivity contribution is 0.0834. The van der Waals surface area contributed by atoms with Gasteiger partial charge in [0, 0.05) is 49.2 Å². The number of likely N-dealkylation sites (tertiary alicyclic amines) is 1. The third-order valence-electron chi connectivity index (χ3n) is 8.79. The molecule has 0 atom stereocenters. The zero-order chi connectivity index (χ0) is 27.8. The first kappa shape index (κ1) is 25.8. The number of hydrogen-bond donors (Lipinski definition) is 1. The number of anilines is 1. The number of nitrogens with one attached hydrogen (secondary N) is 1. The Morgan fingerprint density at radius 2 is 1.90 bits per heavy atom. The van der Waals surface area contributed by atoms with Crippen molar-refractivity contribution in [3.63, 3.8) is 0 Å².